The van der Waals surface area contributed by atoms with E-state index in [1.165, 1.54) is 0 Å². The SMILES string of the molecule is CCCOc1ccc(/C(O)=C2/C(=O)C(=O)N(CCN(CC)CC)C2c2ccccc2)cc1. The van der Waals surface area contributed by atoms with Gasteiger partial charge < -0.3 is 19.6 Å². The predicted molar refractivity (Wildman–Crippen MR) is 125 cm³/mol. The van der Waals surface area contributed by atoms with Crippen LogP contribution in [0.2, 0.25) is 0 Å². The summed E-state index contributed by atoms with van der Waals surface area (Å²) < 4.78 is 5.60. The number of aliphatic hydroxyl groups excluding tert-OH is 1. The Bertz CT molecular complexity index is 950. The van der Waals surface area contributed by atoms with E-state index in [1.54, 1.807) is 29.2 Å². The van der Waals surface area contributed by atoms with Crippen molar-refractivity contribution in [2.45, 2.75) is 33.2 Å². The standard InChI is InChI=1S/C26H32N2O4/c1-4-18-32-21-14-12-20(13-15-21)24(29)22-23(19-10-8-7-9-11-19)28(26(31)25(22)30)17-16-27(5-2)6-3/h7-15,23,29H,4-6,16-18H2,1-3H3/b24-22-. The predicted octanol–water partition coefficient (Wildman–Crippen LogP) is 4.24. The van der Waals surface area contributed by atoms with E-state index >= 15 is 0 Å². The van der Waals surface area contributed by atoms with Crippen LogP contribution in [0.15, 0.2) is 60.2 Å². The van der Waals surface area contributed by atoms with Gasteiger partial charge in [-0.25, -0.2) is 0 Å². The van der Waals surface area contributed by atoms with Crippen molar-refractivity contribution >= 4 is 17.4 Å². The number of rotatable bonds is 10. The van der Waals surface area contributed by atoms with Crippen LogP contribution in [0.3, 0.4) is 0 Å². The quantitative estimate of drug-likeness (QED) is 0.343. The summed E-state index contributed by atoms with van der Waals surface area (Å²) in [5.74, 6) is -0.690. The number of ether oxygens (including phenoxy) is 1. The molecule has 1 atom stereocenters. The average Bonchev–Trinajstić information content (AvgIpc) is 3.08. The summed E-state index contributed by atoms with van der Waals surface area (Å²) in [6, 6.07) is 15.7. The van der Waals surface area contributed by atoms with Crippen molar-refractivity contribution in [2.75, 3.05) is 32.8 Å². The Hall–Kier alpha value is -3.12. The van der Waals surface area contributed by atoms with Gasteiger partial charge >= 0.3 is 0 Å². The maximum atomic E-state index is 13.1. The number of aliphatic hydroxyl groups is 1. The Kier molecular flexibility index (Phi) is 8.06. The molecule has 1 aliphatic rings. The van der Waals surface area contributed by atoms with E-state index in [2.05, 4.69) is 18.7 Å². The van der Waals surface area contributed by atoms with Crippen LogP contribution in [0.25, 0.3) is 5.76 Å². The Balaban J connectivity index is 2.00. The molecule has 0 bridgehead atoms. The molecule has 1 saturated heterocycles. The van der Waals surface area contributed by atoms with E-state index in [0.717, 1.165) is 25.1 Å². The number of nitrogens with zero attached hydrogens (tertiary/aromatic N) is 2. The second-order valence-corrected chi connectivity index (χ2v) is 7.80. The van der Waals surface area contributed by atoms with Gasteiger partial charge in [-0.2, -0.15) is 0 Å². The van der Waals surface area contributed by atoms with E-state index in [-0.39, 0.29) is 11.3 Å². The normalized spacial score (nSPS) is 17.9. The third-order valence-corrected chi connectivity index (χ3v) is 5.81. The first kappa shape index (κ1) is 23.5. The van der Waals surface area contributed by atoms with Crippen LogP contribution < -0.4 is 4.74 Å². The van der Waals surface area contributed by atoms with Crippen LogP contribution >= 0.6 is 0 Å². The fourth-order valence-corrected chi connectivity index (χ4v) is 3.97. The van der Waals surface area contributed by atoms with E-state index in [1.807, 2.05) is 37.3 Å². The van der Waals surface area contributed by atoms with Crippen molar-refractivity contribution in [3.63, 3.8) is 0 Å². The van der Waals surface area contributed by atoms with Crippen molar-refractivity contribution in [3.05, 3.63) is 71.3 Å². The van der Waals surface area contributed by atoms with Crippen LogP contribution in [-0.4, -0.2) is 59.4 Å². The van der Waals surface area contributed by atoms with Gasteiger partial charge in [0.15, 0.2) is 0 Å². The zero-order valence-electron chi connectivity index (χ0n) is 19.1. The van der Waals surface area contributed by atoms with Crippen molar-refractivity contribution in [1.82, 2.24) is 9.80 Å². The van der Waals surface area contributed by atoms with Gasteiger partial charge in [-0.15, -0.1) is 0 Å². The van der Waals surface area contributed by atoms with Gasteiger partial charge in [-0.05, 0) is 49.3 Å². The summed E-state index contributed by atoms with van der Waals surface area (Å²) in [5.41, 5.74) is 1.41. The molecule has 1 heterocycles. The van der Waals surface area contributed by atoms with E-state index in [9.17, 15) is 14.7 Å². The molecule has 0 aromatic heterocycles. The van der Waals surface area contributed by atoms with Gasteiger partial charge in [0.1, 0.15) is 11.5 Å². The smallest absolute Gasteiger partial charge is 0.295 e. The van der Waals surface area contributed by atoms with Gasteiger partial charge in [0.2, 0.25) is 0 Å². The Morgan fingerprint density at radius 1 is 1.00 bits per heavy atom. The lowest BCUT2D eigenvalue weighted by Crippen LogP contribution is -2.38. The molecular weight excluding hydrogens is 404 g/mol. The van der Waals surface area contributed by atoms with E-state index in [0.29, 0.717) is 31.0 Å². The summed E-state index contributed by atoms with van der Waals surface area (Å²) in [5, 5.41) is 11.1. The lowest BCUT2D eigenvalue weighted by molar-refractivity contribution is -0.140. The van der Waals surface area contributed by atoms with Crippen LogP contribution in [0.5, 0.6) is 5.75 Å². The molecule has 0 spiro atoms. The number of ketones is 1. The second kappa shape index (κ2) is 11.0. The first-order valence-corrected chi connectivity index (χ1v) is 11.3. The molecule has 1 unspecified atom stereocenters. The van der Waals surface area contributed by atoms with Crippen LogP contribution in [0, 0.1) is 0 Å². The fraction of sp³-hybridized carbons (Fsp3) is 0.385. The number of carbonyl (C=O) groups is 2. The van der Waals surface area contributed by atoms with Crippen molar-refractivity contribution in [3.8, 4) is 5.75 Å². The highest BCUT2D eigenvalue weighted by Gasteiger charge is 2.45. The topological polar surface area (TPSA) is 70.1 Å². The largest absolute Gasteiger partial charge is 0.507 e. The average molecular weight is 437 g/mol. The molecule has 170 valence electrons. The molecule has 6 nitrogen and oxygen atoms in total. The first-order valence-electron chi connectivity index (χ1n) is 11.3. The van der Waals surface area contributed by atoms with Gasteiger partial charge in [0, 0.05) is 18.7 Å². The number of Topliss-reactive ketones (excluding diaryl/α,β-unsaturated/α-hetero) is 1. The maximum absolute atomic E-state index is 13.1. The number of hydrogen-bond acceptors (Lipinski definition) is 5. The molecule has 0 saturated carbocycles. The van der Waals surface area contributed by atoms with Crippen LogP contribution in [0.4, 0.5) is 0 Å². The number of benzene rings is 2. The van der Waals surface area contributed by atoms with Gasteiger partial charge in [-0.3, -0.25) is 9.59 Å². The lowest BCUT2D eigenvalue weighted by Gasteiger charge is -2.28. The fourth-order valence-electron chi connectivity index (χ4n) is 3.97. The molecule has 6 heteroatoms. The third-order valence-electron chi connectivity index (χ3n) is 5.81. The Morgan fingerprint density at radius 2 is 1.66 bits per heavy atom. The van der Waals surface area contributed by atoms with Gasteiger partial charge in [-0.1, -0.05) is 51.1 Å². The summed E-state index contributed by atoms with van der Waals surface area (Å²) in [4.78, 5) is 29.8. The highest BCUT2D eigenvalue weighted by atomic mass is 16.5. The minimum Gasteiger partial charge on any atom is -0.507 e. The molecule has 1 aliphatic heterocycles. The van der Waals surface area contributed by atoms with Gasteiger partial charge in [0.05, 0.1) is 18.2 Å². The molecule has 32 heavy (non-hydrogen) atoms. The molecule has 2 aromatic rings. The van der Waals surface area contributed by atoms with Crippen molar-refractivity contribution in [1.29, 1.82) is 0 Å². The number of likely N-dealkylation sites (N-methyl/N-ethyl adjacent to an activating group) is 1. The minimum absolute atomic E-state index is 0.128. The van der Waals surface area contributed by atoms with Gasteiger partial charge in [0.25, 0.3) is 11.7 Å². The molecule has 3 rings (SSSR count). The zero-order valence-corrected chi connectivity index (χ0v) is 19.1. The van der Waals surface area contributed by atoms with Crippen molar-refractivity contribution < 1.29 is 19.4 Å². The van der Waals surface area contributed by atoms with Crippen molar-refractivity contribution in [2.24, 2.45) is 0 Å². The first-order chi connectivity index (χ1) is 15.5. The third kappa shape index (κ3) is 5.02. The highest BCUT2D eigenvalue weighted by molar-refractivity contribution is 6.46. The van der Waals surface area contributed by atoms with E-state index < -0.39 is 17.7 Å². The number of carbonyl (C=O) groups excluding carboxylic acids is 2. The minimum atomic E-state index is -0.651. The van der Waals surface area contributed by atoms with E-state index in [4.69, 9.17) is 4.74 Å². The number of amides is 1. The number of hydrogen-bond donors (Lipinski definition) is 1. The van der Waals surface area contributed by atoms with Crippen LogP contribution in [-0.2, 0) is 9.59 Å². The molecule has 2 aromatic carbocycles. The Morgan fingerprint density at radius 3 is 2.25 bits per heavy atom. The monoisotopic (exact) mass is 436 g/mol. The molecular formula is C26H32N2O4. The summed E-state index contributed by atoms with van der Waals surface area (Å²) in [6.45, 7) is 9.57. The highest BCUT2D eigenvalue weighted by Crippen LogP contribution is 2.39. The molecule has 1 amide bonds. The zero-order chi connectivity index (χ0) is 23.1. The van der Waals surface area contributed by atoms with Crippen LogP contribution in [0.1, 0.15) is 44.4 Å². The molecule has 1 N–H and O–H groups in total. The summed E-state index contributed by atoms with van der Waals surface area (Å²) >= 11 is 0. The molecule has 0 radical (unpaired) electrons. The Labute approximate surface area is 190 Å². The molecule has 1 fully saturated rings. The summed E-state index contributed by atoms with van der Waals surface area (Å²) in [7, 11) is 0. The molecule has 0 aliphatic carbocycles. The second-order valence-electron chi connectivity index (χ2n) is 7.80. The number of likely N-dealkylation sites (tertiary alicyclic amines) is 1. The lowest BCUT2D eigenvalue weighted by atomic mass is 9.95. The maximum Gasteiger partial charge on any atom is 0.295 e. The summed E-state index contributed by atoms with van der Waals surface area (Å²) in [6.07, 6.45) is 0.899.